The summed E-state index contributed by atoms with van der Waals surface area (Å²) in [4.78, 5) is 11.5. The van der Waals surface area contributed by atoms with Crippen molar-refractivity contribution in [2.24, 2.45) is 0 Å². The number of carbonyl (C=O) groups excluding carboxylic acids is 1. The fourth-order valence-electron chi connectivity index (χ4n) is 3.93. The summed E-state index contributed by atoms with van der Waals surface area (Å²) < 4.78 is 15.5. The highest BCUT2D eigenvalue weighted by Gasteiger charge is 2.20. The molecule has 0 atom stereocenters. The van der Waals surface area contributed by atoms with Crippen LogP contribution < -0.4 is 4.74 Å². The molecule has 0 fully saturated rings. The van der Waals surface area contributed by atoms with Gasteiger partial charge in [0, 0.05) is 19.9 Å². The van der Waals surface area contributed by atoms with Crippen molar-refractivity contribution in [3.05, 3.63) is 74.1 Å². The third kappa shape index (κ3) is 3.65. The summed E-state index contributed by atoms with van der Waals surface area (Å²) in [5, 5.41) is 4.78. The third-order valence-corrected chi connectivity index (χ3v) is 8.78. The number of hydrogen-bond donors (Lipinski definition) is 0. The molecule has 0 radical (unpaired) electrons. The van der Waals surface area contributed by atoms with Crippen LogP contribution in [0.1, 0.15) is 0 Å². The number of rotatable bonds is 4. The lowest BCUT2D eigenvalue weighted by molar-refractivity contribution is -0.142. The zero-order valence-electron chi connectivity index (χ0n) is 16.7. The monoisotopic (exact) mass is 632 g/mol. The SMILES string of the molecule is COC(=O)COc1c(Br)cc(-c2c3ccccc3c(Br)c3sc4ccccc4c23)cc1Br. The molecule has 0 aliphatic carbocycles. The Bertz CT molecular complexity index is 1500. The molecule has 1 aromatic heterocycles. The molecule has 0 N–H and O–H groups in total. The van der Waals surface area contributed by atoms with Gasteiger partial charge < -0.3 is 9.47 Å². The summed E-state index contributed by atoms with van der Waals surface area (Å²) in [6, 6.07) is 21.0. The van der Waals surface area contributed by atoms with Crippen molar-refractivity contribution in [1.29, 1.82) is 0 Å². The molecule has 5 rings (SSSR count). The number of fused-ring (bicyclic) bond motifs is 4. The fraction of sp³-hybridized carbons (Fsp3) is 0.0800. The predicted molar refractivity (Wildman–Crippen MR) is 143 cm³/mol. The Labute approximate surface area is 213 Å². The van der Waals surface area contributed by atoms with E-state index in [4.69, 9.17) is 4.74 Å². The molecular formula is C25H15Br3O3S. The number of benzene rings is 4. The van der Waals surface area contributed by atoms with Gasteiger partial charge in [0.2, 0.25) is 0 Å². The molecule has 0 unspecified atom stereocenters. The lowest BCUT2D eigenvalue weighted by atomic mass is 9.93. The Morgan fingerprint density at radius 2 is 1.53 bits per heavy atom. The van der Waals surface area contributed by atoms with Crippen molar-refractivity contribution in [3.8, 4) is 16.9 Å². The minimum atomic E-state index is -0.432. The Hall–Kier alpha value is -1.93. The van der Waals surface area contributed by atoms with Crippen LogP contribution in [-0.4, -0.2) is 19.7 Å². The van der Waals surface area contributed by atoms with Crippen molar-refractivity contribution in [2.45, 2.75) is 0 Å². The van der Waals surface area contributed by atoms with Gasteiger partial charge >= 0.3 is 5.97 Å². The highest BCUT2D eigenvalue weighted by atomic mass is 79.9. The maximum absolute atomic E-state index is 11.5. The van der Waals surface area contributed by atoms with Crippen molar-refractivity contribution >= 4 is 96.0 Å². The van der Waals surface area contributed by atoms with Crippen molar-refractivity contribution in [3.63, 3.8) is 0 Å². The van der Waals surface area contributed by atoms with Crippen molar-refractivity contribution < 1.29 is 14.3 Å². The molecule has 7 heteroatoms. The molecule has 5 aromatic rings. The maximum Gasteiger partial charge on any atom is 0.343 e. The molecular weight excluding hydrogens is 620 g/mol. The van der Waals surface area contributed by atoms with E-state index < -0.39 is 5.97 Å². The van der Waals surface area contributed by atoms with E-state index >= 15 is 0 Å². The maximum atomic E-state index is 11.5. The average molecular weight is 635 g/mol. The third-order valence-electron chi connectivity index (χ3n) is 5.33. The van der Waals surface area contributed by atoms with Gasteiger partial charge in [-0.15, -0.1) is 11.3 Å². The van der Waals surface area contributed by atoms with E-state index in [0.29, 0.717) is 5.75 Å². The van der Waals surface area contributed by atoms with Crippen LogP contribution in [0.15, 0.2) is 74.1 Å². The molecule has 0 aliphatic heterocycles. The number of ether oxygens (including phenoxy) is 2. The zero-order chi connectivity index (χ0) is 22.4. The van der Waals surface area contributed by atoms with E-state index in [0.717, 1.165) is 29.9 Å². The average Bonchev–Trinajstić information content (AvgIpc) is 3.18. The van der Waals surface area contributed by atoms with Gasteiger partial charge in [-0.05, 0) is 87.9 Å². The summed E-state index contributed by atoms with van der Waals surface area (Å²) in [5.41, 5.74) is 2.21. The van der Waals surface area contributed by atoms with Gasteiger partial charge in [0.25, 0.3) is 0 Å². The van der Waals surface area contributed by atoms with Gasteiger partial charge in [-0.2, -0.15) is 0 Å². The Balaban J connectivity index is 1.82. The number of esters is 1. The smallest absolute Gasteiger partial charge is 0.343 e. The largest absolute Gasteiger partial charge is 0.480 e. The molecule has 1 heterocycles. The van der Waals surface area contributed by atoms with Gasteiger partial charge in [-0.3, -0.25) is 0 Å². The molecule has 160 valence electrons. The van der Waals surface area contributed by atoms with Gasteiger partial charge in [0.05, 0.1) is 20.8 Å². The molecule has 0 amide bonds. The number of methoxy groups -OCH3 is 1. The predicted octanol–water partition coefficient (Wildman–Crippen LogP) is 8.71. The first-order valence-corrected chi connectivity index (χ1v) is 12.9. The second-order valence-electron chi connectivity index (χ2n) is 7.17. The highest BCUT2D eigenvalue weighted by Crippen LogP contribution is 2.49. The Morgan fingerprint density at radius 3 is 2.22 bits per heavy atom. The Kier molecular flexibility index (Phi) is 6.01. The second kappa shape index (κ2) is 8.78. The lowest BCUT2D eigenvalue weighted by Crippen LogP contribution is -2.13. The van der Waals surface area contributed by atoms with Crippen LogP contribution in [0.2, 0.25) is 0 Å². The normalized spacial score (nSPS) is 11.4. The zero-order valence-corrected chi connectivity index (χ0v) is 22.3. The summed E-state index contributed by atoms with van der Waals surface area (Å²) in [5.74, 6) is 0.130. The van der Waals surface area contributed by atoms with E-state index in [1.165, 1.54) is 32.7 Å². The van der Waals surface area contributed by atoms with E-state index in [1.807, 2.05) is 12.1 Å². The van der Waals surface area contributed by atoms with Crippen LogP contribution >= 0.6 is 59.1 Å². The molecule has 0 bridgehead atoms. The minimum Gasteiger partial charge on any atom is -0.480 e. The van der Waals surface area contributed by atoms with Crippen LogP contribution in [0.5, 0.6) is 5.75 Å². The fourth-order valence-corrected chi connectivity index (χ4v) is 7.29. The summed E-state index contributed by atoms with van der Waals surface area (Å²) in [6.07, 6.45) is 0. The first kappa shape index (κ1) is 21.9. The van der Waals surface area contributed by atoms with Crippen LogP contribution in [-0.2, 0) is 9.53 Å². The minimum absolute atomic E-state index is 0.159. The van der Waals surface area contributed by atoms with Gasteiger partial charge in [0.15, 0.2) is 6.61 Å². The van der Waals surface area contributed by atoms with Crippen LogP contribution in [0.25, 0.3) is 42.1 Å². The highest BCUT2D eigenvalue weighted by molar-refractivity contribution is 9.11. The van der Waals surface area contributed by atoms with E-state index in [2.05, 4.69) is 101 Å². The van der Waals surface area contributed by atoms with Crippen LogP contribution in [0.4, 0.5) is 0 Å². The first-order chi connectivity index (χ1) is 15.5. The second-order valence-corrected chi connectivity index (χ2v) is 10.7. The topological polar surface area (TPSA) is 35.5 Å². The molecule has 3 nitrogen and oxygen atoms in total. The molecule has 0 saturated carbocycles. The first-order valence-electron chi connectivity index (χ1n) is 9.70. The van der Waals surface area contributed by atoms with Gasteiger partial charge in [0.1, 0.15) is 5.75 Å². The van der Waals surface area contributed by atoms with Gasteiger partial charge in [-0.1, -0.05) is 42.5 Å². The van der Waals surface area contributed by atoms with Crippen molar-refractivity contribution in [2.75, 3.05) is 13.7 Å². The number of hydrogen-bond acceptors (Lipinski definition) is 4. The summed E-state index contributed by atoms with van der Waals surface area (Å²) in [6.45, 7) is -0.159. The Morgan fingerprint density at radius 1 is 0.906 bits per heavy atom. The van der Waals surface area contributed by atoms with E-state index in [1.54, 1.807) is 11.3 Å². The standard InChI is InChI=1S/C25H15Br3O3S/c1-30-20(29)12-31-24-17(26)10-13(11-18(24)27)21-14-6-2-3-7-15(14)23(28)25-22(21)16-8-4-5-9-19(16)32-25/h2-11H,12H2,1H3. The quantitative estimate of drug-likeness (QED) is 0.186. The van der Waals surface area contributed by atoms with E-state index in [-0.39, 0.29) is 6.61 Å². The molecule has 0 aliphatic rings. The lowest BCUT2D eigenvalue weighted by Gasteiger charge is -2.15. The van der Waals surface area contributed by atoms with Crippen LogP contribution in [0.3, 0.4) is 0 Å². The van der Waals surface area contributed by atoms with Gasteiger partial charge in [-0.25, -0.2) is 4.79 Å². The van der Waals surface area contributed by atoms with E-state index in [9.17, 15) is 4.79 Å². The summed E-state index contributed by atoms with van der Waals surface area (Å²) >= 11 is 12.9. The molecule has 4 aromatic carbocycles. The molecule has 0 spiro atoms. The molecule has 32 heavy (non-hydrogen) atoms. The number of thiophene rings is 1. The number of halogens is 3. The van der Waals surface area contributed by atoms with Crippen molar-refractivity contribution in [1.82, 2.24) is 0 Å². The number of carbonyl (C=O) groups is 1. The molecule has 0 saturated heterocycles. The van der Waals surface area contributed by atoms with Crippen LogP contribution in [0, 0.1) is 0 Å². The summed E-state index contributed by atoms with van der Waals surface area (Å²) in [7, 11) is 1.34.